The Morgan fingerprint density at radius 1 is 0.906 bits per heavy atom. The standard InChI is InChI=1S/C25H31Cl2N3O2/c1-2-3-4-5-6-7-24(31)30-16-14-29(15-17-30)21-11-9-20(10-12-21)28-25(32)22-13-8-19(26)18-23(22)27/h8-13,18H,2-7,14-17H2,1H3,(H,28,32). The zero-order chi connectivity index (χ0) is 22.9. The van der Waals surface area contributed by atoms with Crippen molar-refractivity contribution < 1.29 is 9.59 Å². The zero-order valence-electron chi connectivity index (χ0n) is 18.6. The molecule has 1 heterocycles. The van der Waals surface area contributed by atoms with Crippen molar-refractivity contribution in [3.63, 3.8) is 0 Å². The number of nitrogens with one attached hydrogen (secondary N) is 1. The molecule has 2 amide bonds. The second kappa shape index (κ2) is 12.1. The first-order chi connectivity index (χ1) is 15.5. The smallest absolute Gasteiger partial charge is 0.257 e. The highest BCUT2D eigenvalue weighted by Gasteiger charge is 2.21. The van der Waals surface area contributed by atoms with Gasteiger partial charge < -0.3 is 15.1 Å². The molecule has 0 spiro atoms. The van der Waals surface area contributed by atoms with E-state index >= 15 is 0 Å². The lowest BCUT2D eigenvalue weighted by atomic mass is 10.1. The van der Waals surface area contributed by atoms with Gasteiger partial charge in [0.25, 0.3) is 5.91 Å². The highest BCUT2D eigenvalue weighted by atomic mass is 35.5. The van der Waals surface area contributed by atoms with Gasteiger partial charge in [-0.1, -0.05) is 55.8 Å². The van der Waals surface area contributed by atoms with E-state index < -0.39 is 0 Å². The molecule has 172 valence electrons. The lowest BCUT2D eigenvalue weighted by molar-refractivity contribution is -0.131. The molecule has 0 saturated carbocycles. The van der Waals surface area contributed by atoms with Crippen LogP contribution < -0.4 is 10.2 Å². The highest BCUT2D eigenvalue weighted by Crippen LogP contribution is 2.24. The molecule has 1 N–H and O–H groups in total. The van der Waals surface area contributed by atoms with Gasteiger partial charge in [0.2, 0.25) is 5.91 Å². The van der Waals surface area contributed by atoms with Gasteiger partial charge in [0, 0.05) is 49.0 Å². The molecule has 2 aromatic carbocycles. The fraction of sp³-hybridized carbons (Fsp3) is 0.440. The second-order valence-electron chi connectivity index (χ2n) is 8.16. The van der Waals surface area contributed by atoms with Crippen molar-refractivity contribution in [2.75, 3.05) is 36.4 Å². The Labute approximate surface area is 200 Å². The molecule has 1 aliphatic rings. The van der Waals surface area contributed by atoms with E-state index in [0.717, 1.165) is 44.7 Å². The van der Waals surface area contributed by atoms with Crippen molar-refractivity contribution in [1.29, 1.82) is 0 Å². The van der Waals surface area contributed by atoms with Gasteiger partial charge in [0.1, 0.15) is 0 Å². The number of carbonyl (C=O) groups is 2. The van der Waals surface area contributed by atoms with E-state index in [2.05, 4.69) is 17.1 Å². The molecule has 0 bridgehead atoms. The Balaban J connectivity index is 1.46. The molecule has 1 fully saturated rings. The van der Waals surface area contributed by atoms with Crippen LogP contribution >= 0.6 is 23.2 Å². The van der Waals surface area contributed by atoms with Crippen molar-refractivity contribution in [1.82, 2.24) is 4.90 Å². The van der Waals surface area contributed by atoms with Crippen molar-refractivity contribution in [2.45, 2.75) is 45.4 Å². The fourth-order valence-electron chi connectivity index (χ4n) is 3.88. The number of carbonyl (C=O) groups excluding carboxylic acids is 2. The molecule has 0 unspecified atom stereocenters. The van der Waals surface area contributed by atoms with E-state index in [0.29, 0.717) is 27.7 Å². The van der Waals surface area contributed by atoms with E-state index in [9.17, 15) is 9.59 Å². The number of nitrogens with zero attached hydrogens (tertiary/aromatic N) is 2. The van der Waals surface area contributed by atoms with Crippen LogP contribution in [0.4, 0.5) is 11.4 Å². The summed E-state index contributed by atoms with van der Waals surface area (Å²) in [7, 11) is 0. The third-order valence-electron chi connectivity index (χ3n) is 5.79. The topological polar surface area (TPSA) is 52.7 Å². The Bertz CT molecular complexity index is 910. The van der Waals surface area contributed by atoms with E-state index in [1.54, 1.807) is 18.2 Å². The highest BCUT2D eigenvalue weighted by molar-refractivity contribution is 6.37. The Morgan fingerprint density at radius 2 is 1.59 bits per heavy atom. The molecule has 0 atom stereocenters. The number of unbranched alkanes of at least 4 members (excludes halogenated alkanes) is 4. The lowest BCUT2D eigenvalue weighted by Crippen LogP contribution is -2.48. The van der Waals surface area contributed by atoms with Crippen molar-refractivity contribution in [2.24, 2.45) is 0 Å². The lowest BCUT2D eigenvalue weighted by Gasteiger charge is -2.36. The predicted octanol–water partition coefficient (Wildman–Crippen LogP) is 6.25. The summed E-state index contributed by atoms with van der Waals surface area (Å²) >= 11 is 12.0. The number of benzene rings is 2. The van der Waals surface area contributed by atoms with Gasteiger partial charge in [-0.3, -0.25) is 9.59 Å². The van der Waals surface area contributed by atoms with Gasteiger partial charge in [-0.2, -0.15) is 0 Å². The van der Waals surface area contributed by atoms with Gasteiger partial charge in [-0.05, 0) is 48.9 Å². The second-order valence-corrected chi connectivity index (χ2v) is 9.00. The van der Waals surface area contributed by atoms with E-state index in [1.165, 1.54) is 19.3 Å². The summed E-state index contributed by atoms with van der Waals surface area (Å²) < 4.78 is 0. The summed E-state index contributed by atoms with van der Waals surface area (Å²) in [6, 6.07) is 12.5. The fourth-order valence-corrected chi connectivity index (χ4v) is 4.37. The minimum atomic E-state index is -0.277. The largest absolute Gasteiger partial charge is 0.368 e. The number of anilines is 2. The summed E-state index contributed by atoms with van der Waals surface area (Å²) in [5.41, 5.74) is 2.16. The average molecular weight is 476 g/mol. The van der Waals surface area contributed by atoms with Crippen LogP contribution in [0.2, 0.25) is 10.0 Å². The molecule has 3 rings (SSSR count). The minimum Gasteiger partial charge on any atom is -0.368 e. The number of halogens is 2. The predicted molar refractivity (Wildman–Crippen MR) is 133 cm³/mol. The molecule has 5 nitrogen and oxygen atoms in total. The van der Waals surface area contributed by atoms with Crippen LogP contribution in [0.25, 0.3) is 0 Å². The molecule has 0 aromatic heterocycles. The summed E-state index contributed by atoms with van der Waals surface area (Å²) in [6.45, 7) is 5.33. The third kappa shape index (κ3) is 6.88. The first-order valence-electron chi connectivity index (χ1n) is 11.4. The summed E-state index contributed by atoms with van der Waals surface area (Å²) in [6.07, 6.45) is 6.50. The quantitative estimate of drug-likeness (QED) is 0.435. The zero-order valence-corrected chi connectivity index (χ0v) is 20.1. The number of piperazine rings is 1. The third-order valence-corrected chi connectivity index (χ3v) is 6.34. The molecular formula is C25H31Cl2N3O2. The Kier molecular flexibility index (Phi) is 9.24. The summed E-state index contributed by atoms with van der Waals surface area (Å²) in [5.74, 6) is 0.00121. The molecular weight excluding hydrogens is 445 g/mol. The molecule has 0 radical (unpaired) electrons. The number of hydrogen-bond donors (Lipinski definition) is 1. The minimum absolute atomic E-state index is 0.277. The maximum atomic E-state index is 12.5. The van der Waals surface area contributed by atoms with Crippen LogP contribution in [0.15, 0.2) is 42.5 Å². The first-order valence-corrected chi connectivity index (χ1v) is 12.1. The molecule has 1 aliphatic heterocycles. The van der Waals surface area contributed by atoms with Crippen molar-refractivity contribution in [3.8, 4) is 0 Å². The van der Waals surface area contributed by atoms with Gasteiger partial charge in [-0.15, -0.1) is 0 Å². The van der Waals surface area contributed by atoms with Crippen molar-refractivity contribution in [3.05, 3.63) is 58.1 Å². The summed E-state index contributed by atoms with van der Waals surface area (Å²) in [5, 5.41) is 3.67. The van der Waals surface area contributed by atoms with Crippen molar-refractivity contribution >= 4 is 46.4 Å². The molecule has 32 heavy (non-hydrogen) atoms. The maximum absolute atomic E-state index is 12.5. The van der Waals surface area contributed by atoms with Crippen LogP contribution in [0.5, 0.6) is 0 Å². The van der Waals surface area contributed by atoms with Crippen LogP contribution in [0, 0.1) is 0 Å². The van der Waals surface area contributed by atoms with E-state index in [4.69, 9.17) is 23.2 Å². The number of rotatable bonds is 9. The Hall–Kier alpha value is -2.24. The molecule has 0 aliphatic carbocycles. The SMILES string of the molecule is CCCCCCCC(=O)N1CCN(c2ccc(NC(=O)c3ccc(Cl)cc3Cl)cc2)CC1. The maximum Gasteiger partial charge on any atom is 0.257 e. The van der Waals surface area contributed by atoms with Crippen LogP contribution in [-0.2, 0) is 4.79 Å². The van der Waals surface area contributed by atoms with Gasteiger partial charge in [0.15, 0.2) is 0 Å². The number of amides is 2. The van der Waals surface area contributed by atoms with Gasteiger partial charge in [-0.25, -0.2) is 0 Å². The molecule has 2 aromatic rings. The normalized spacial score (nSPS) is 13.8. The molecule has 1 saturated heterocycles. The summed E-state index contributed by atoms with van der Waals surface area (Å²) in [4.78, 5) is 29.2. The Morgan fingerprint density at radius 3 is 2.25 bits per heavy atom. The number of hydrogen-bond acceptors (Lipinski definition) is 3. The van der Waals surface area contributed by atoms with Crippen LogP contribution in [0.3, 0.4) is 0 Å². The van der Waals surface area contributed by atoms with Gasteiger partial charge in [0.05, 0.1) is 10.6 Å². The van der Waals surface area contributed by atoms with E-state index in [1.807, 2.05) is 29.2 Å². The monoisotopic (exact) mass is 475 g/mol. The van der Waals surface area contributed by atoms with Crippen LogP contribution in [0.1, 0.15) is 55.8 Å². The van der Waals surface area contributed by atoms with E-state index in [-0.39, 0.29) is 11.8 Å². The first kappa shape index (κ1) is 24.4. The van der Waals surface area contributed by atoms with Gasteiger partial charge >= 0.3 is 0 Å². The average Bonchev–Trinajstić information content (AvgIpc) is 2.79. The molecule has 7 heteroatoms. The van der Waals surface area contributed by atoms with Crippen LogP contribution in [-0.4, -0.2) is 42.9 Å².